The Labute approximate surface area is 128 Å². The van der Waals surface area contributed by atoms with Crippen molar-refractivity contribution in [3.8, 4) is 0 Å². The van der Waals surface area contributed by atoms with Crippen LogP contribution in [0.4, 0.5) is 0 Å². The highest BCUT2D eigenvalue weighted by Gasteiger charge is 2.04. The van der Waals surface area contributed by atoms with E-state index in [4.69, 9.17) is 0 Å². The molecule has 112 valence electrons. The lowest BCUT2D eigenvalue weighted by Crippen LogP contribution is -2.17. The summed E-state index contributed by atoms with van der Waals surface area (Å²) in [6.45, 7) is 5.20. The lowest BCUT2D eigenvalue weighted by Gasteiger charge is -2.18. The first-order valence-electron chi connectivity index (χ1n) is 7.64. The molecule has 2 heteroatoms. The quantitative estimate of drug-likeness (QED) is 0.837. The van der Waals surface area contributed by atoms with E-state index >= 15 is 0 Å². The second-order valence-electron chi connectivity index (χ2n) is 5.77. The number of nitrogens with one attached hydrogen (secondary N) is 1. The SMILES string of the molecule is CNCCc1ccc(CN(C)Cc2ccccc2C)cc1. The van der Waals surface area contributed by atoms with Gasteiger partial charge in [-0.2, -0.15) is 0 Å². The molecular weight excluding hydrogens is 256 g/mol. The molecule has 2 rings (SSSR count). The molecule has 1 N–H and O–H groups in total. The maximum absolute atomic E-state index is 3.19. The van der Waals surface area contributed by atoms with Crippen LogP contribution in [-0.2, 0) is 19.5 Å². The third kappa shape index (κ3) is 5.00. The van der Waals surface area contributed by atoms with Gasteiger partial charge < -0.3 is 5.32 Å². The topological polar surface area (TPSA) is 15.3 Å². The highest BCUT2D eigenvalue weighted by atomic mass is 15.1. The Kier molecular flexibility index (Phi) is 5.97. The summed E-state index contributed by atoms with van der Waals surface area (Å²) in [6.07, 6.45) is 1.09. The van der Waals surface area contributed by atoms with Crippen molar-refractivity contribution >= 4 is 0 Å². The van der Waals surface area contributed by atoms with E-state index in [1.165, 1.54) is 22.3 Å². The molecular formula is C19H26N2. The van der Waals surface area contributed by atoms with Gasteiger partial charge in [-0.1, -0.05) is 48.5 Å². The van der Waals surface area contributed by atoms with E-state index in [1.54, 1.807) is 0 Å². The molecule has 0 aliphatic heterocycles. The molecule has 0 unspecified atom stereocenters. The Morgan fingerprint density at radius 1 is 0.905 bits per heavy atom. The Hall–Kier alpha value is -1.64. The molecule has 0 radical (unpaired) electrons. The maximum atomic E-state index is 3.19. The average molecular weight is 282 g/mol. The molecule has 0 heterocycles. The molecule has 0 amide bonds. The van der Waals surface area contributed by atoms with Crippen molar-refractivity contribution in [2.75, 3.05) is 20.6 Å². The van der Waals surface area contributed by atoms with Crippen LogP contribution in [0.1, 0.15) is 22.3 Å². The fraction of sp³-hybridized carbons (Fsp3) is 0.368. The van der Waals surface area contributed by atoms with E-state index < -0.39 is 0 Å². The summed E-state index contributed by atoms with van der Waals surface area (Å²) in [5.41, 5.74) is 5.55. The minimum Gasteiger partial charge on any atom is -0.319 e. The highest BCUT2D eigenvalue weighted by Crippen LogP contribution is 2.12. The minimum absolute atomic E-state index is 0.987. The molecule has 2 nitrogen and oxygen atoms in total. The summed E-state index contributed by atoms with van der Waals surface area (Å²) < 4.78 is 0. The molecule has 2 aromatic carbocycles. The minimum atomic E-state index is 0.987. The molecule has 0 bridgehead atoms. The predicted molar refractivity (Wildman–Crippen MR) is 90.4 cm³/mol. The number of nitrogens with zero attached hydrogens (tertiary/aromatic N) is 1. The van der Waals surface area contributed by atoms with Gasteiger partial charge in [-0.3, -0.25) is 4.90 Å². The number of aryl methyl sites for hydroxylation is 1. The largest absolute Gasteiger partial charge is 0.319 e. The number of hydrogen-bond donors (Lipinski definition) is 1. The Morgan fingerprint density at radius 3 is 2.24 bits per heavy atom. The standard InChI is InChI=1S/C19H26N2/c1-16-6-4-5-7-19(16)15-21(3)14-18-10-8-17(9-11-18)12-13-20-2/h4-11,20H,12-15H2,1-3H3. The highest BCUT2D eigenvalue weighted by molar-refractivity contribution is 5.26. The van der Waals surface area contributed by atoms with E-state index in [-0.39, 0.29) is 0 Å². The van der Waals surface area contributed by atoms with Crippen molar-refractivity contribution in [1.82, 2.24) is 10.2 Å². The van der Waals surface area contributed by atoms with E-state index in [0.29, 0.717) is 0 Å². The molecule has 0 spiro atoms. The van der Waals surface area contributed by atoms with Gasteiger partial charge >= 0.3 is 0 Å². The van der Waals surface area contributed by atoms with Crippen molar-refractivity contribution in [2.45, 2.75) is 26.4 Å². The monoisotopic (exact) mass is 282 g/mol. The van der Waals surface area contributed by atoms with E-state index in [0.717, 1.165) is 26.1 Å². The first-order chi connectivity index (χ1) is 10.2. The molecule has 0 fully saturated rings. The fourth-order valence-electron chi connectivity index (χ4n) is 2.53. The number of hydrogen-bond acceptors (Lipinski definition) is 2. The van der Waals surface area contributed by atoms with Crippen molar-refractivity contribution in [3.63, 3.8) is 0 Å². The summed E-state index contributed by atoms with van der Waals surface area (Å²) in [5.74, 6) is 0. The summed E-state index contributed by atoms with van der Waals surface area (Å²) in [5, 5.41) is 3.19. The first-order valence-corrected chi connectivity index (χ1v) is 7.64. The van der Waals surface area contributed by atoms with Crippen LogP contribution in [0.2, 0.25) is 0 Å². The van der Waals surface area contributed by atoms with Gasteiger partial charge in [-0.05, 0) is 56.2 Å². The normalized spacial score (nSPS) is 11.0. The van der Waals surface area contributed by atoms with Crippen LogP contribution in [0.15, 0.2) is 48.5 Å². The molecule has 0 aliphatic rings. The third-order valence-corrected chi connectivity index (χ3v) is 3.84. The average Bonchev–Trinajstić information content (AvgIpc) is 2.49. The number of benzene rings is 2. The van der Waals surface area contributed by atoms with Crippen LogP contribution >= 0.6 is 0 Å². The summed E-state index contributed by atoms with van der Waals surface area (Å²) in [7, 11) is 4.18. The fourth-order valence-corrected chi connectivity index (χ4v) is 2.53. The number of rotatable bonds is 7. The van der Waals surface area contributed by atoms with E-state index in [1.807, 2.05) is 7.05 Å². The van der Waals surface area contributed by atoms with Crippen LogP contribution in [0.3, 0.4) is 0 Å². The van der Waals surface area contributed by atoms with Crippen LogP contribution < -0.4 is 5.32 Å². The first kappa shape index (κ1) is 15.7. The molecule has 0 aliphatic carbocycles. The summed E-state index contributed by atoms with van der Waals surface area (Å²) >= 11 is 0. The van der Waals surface area contributed by atoms with Crippen molar-refractivity contribution in [3.05, 3.63) is 70.8 Å². The van der Waals surface area contributed by atoms with Gasteiger partial charge in [0.05, 0.1) is 0 Å². The van der Waals surface area contributed by atoms with Crippen LogP contribution in [-0.4, -0.2) is 25.5 Å². The lowest BCUT2D eigenvalue weighted by atomic mass is 10.1. The second kappa shape index (κ2) is 7.96. The van der Waals surface area contributed by atoms with Gasteiger partial charge in [0, 0.05) is 13.1 Å². The predicted octanol–water partition coefficient (Wildman–Crippen LogP) is 3.39. The molecule has 21 heavy (non-hydrogen) atoms. The van der Waals surface area contributed by atoms with Gasteiger partial charge in [-0.25, -0.2) is 0 Å². The van der Waals surface area contributed by atoms with Gasteiger partial charge in [0.15, 0.2) is 0 Å². The second-order valence-corrected chi connectivity index (χ2v) is 5.77. The smallest absolute Gasteiger partial charge is 0.0236 e. The Bertz CT molecular complexity index is 546. The molecule has 0 atom stereocenters. The van der Waals surface area contributed by atoms with Crippen LogP contribution in [0, 0.1) is 6.92 Å². The van der Waals surface area contributed by atoms with Crippen LogP contribution in [0.25, 0.3) is 0 Å². The third-order valence-electron chi connectivity index (χ3n) is 3.84. The Balaban J connectivity index is 1.90. The van der Waals surface area contributed by atoms with Gasteiger partial charge in [0.1, 0.15) is 0 Å². The maximum Gasteiger partial charge on any atom is 0.0236 e. The zero-order valence-electron chi connectivity index (χ0n) is 13.4. The zero-order valence-corrected chi connectivity index (χ0v) is 13.4. The molecule has 0 saturated heterocycles. The van der Waals surface area contributed by atoms with Gasteiger partial charge in [0.2, 0.25) is 0 Å². The molecule has 0 saturated carbocycles. The van der Waals surface area contributed by atoms with Gasteiger partial charge in [-0.15, -0.1) is 0 Å². The van der Waals surface area contributed by atoms with Gasteiger partial charge in [0.25, 0.3) is 0 Å². The summed E-state index contributed by atoms with van der Waals surface area (Å²) in [4.78, 5) is 2.37. The molecule has 0 aromatic heterocycles. The zero-order chi connectivity index (χ0) is 15.1. The van der Waals surface area contributed by atoms with Crippen molar-refractivity contribution in [1.29, 1.82) is 0 Å². The van der Waals surface area contributed by atoms with Crippen molar-refractivity contribution in [2.24, 2.45) is 0 Å². The van der Waals surface area contributed by atoms with Crippen LogP contribution in [0.5, 0.6) is 0 Å². The lowest BCUT2D eigenvalue weighted by molar-refractivity contribution is 0.318. The number of likely N-dealkylation sites (N-methyl/N-ethyl adjacent to an activating group) is 1. The van der Waals surface area contributed by atoms with E-state index in [2.05, 4.69) is 72.7 Å². The summed E-state index contributed by atoms with van der Waals surface area (Å²) in [6, 6.07) is 17.6. The Morgan fingerprint density at radius 2 is 1.57 bits per heavy atom. The van der Waals surface area contributed by atoms with Crippen molar-refractivity contribution < 1.29 is 0 Å². The molecule has 2 aromatic rings. The van der Waals surface area contributed by atoms with E-state index in [9.17, 15) is 0 Å².